The van der Waals surface area contributed by atoms with E-state index in [1.165, 1.54) is 0 Å². The van der Waals surface area contributed by atoms with Crippen LogP contribution in [0.15, 0.2) is 30.3 Å². The maximum Gasteiger partial charge on any atom is 0.361 e. The fourth-order valence-electron chi connectivity index (χ4n) is 2.18. The quantitative estimate of drug-likeness (QED) is 0.780. The standard InChI is InChI=1S/C14H21O3P/c1-3-12-10-11-13(4-2)17-18(15,16-12)14-8-6-5-7-9-14/h5-9,12-13H,3-4,10-11H2,1-2H3/t12-,13-/m1/s1. The van der Waals surface area contributed by atoms with Crippen molar-refractivity contribution in [1.82, 2.24) is 0 Å². The molecule has 1 heterocycles. The van der Waals surface area contributed by atoms with Crippen LogP contribution in [0.5, 0.6) is 0 Å². The fraction of sp³-hybridized carbons (Fsp3) is 0.571. The highest BCUT2D eigenvalue weighted by Crippen LogP contribution is 2.52. The Kier molecular flexibility index (Phi) is 4.60. The van der Waals surface area contributed by atoms with Crippen molar-refractivity contribution in [3.8, 4) is 0 Å². The molecule has 0 spiro atoms. The molecule has 0 aromatic heterocycles. The highest BCUT2D eigenvalue weighted by molar-refractivity contribution is 7.62. The van der Waals surface area contributed by atoms with Crippen molar-refractivity contribution in [3.05, 3.63) is 30.3 Å². The van der Waals surface area contributed by atoms with Gasteiger partial charge in [0.25, 0.3) is 0 Å². The first-order chi connectivity index (χ1) is 8.68. The van der Waals surface area contributed by atoms with Crippen molar-refractivity contribution in [2.24, 2.45) is 0 Å². The maximum atomic E-state index is 12.9. The minimum absolute atomic E-state index is 0.0348. The zero-order valence-corrected chi connectivity index (χ0v) is 11.9. The largest absolute Gasteiger partial charge is 0.361 e. The normalized spacial score (nSPS) is 27.7. The Labute approximate surface area is 109 Å². The molecule has 1 aromatic carbocycles. The van der Waals surface area contributed by atoms with E-state index in [0.29, 0.717) is 5.30 Å². The van der Waals surface area contributed by atoms with Gasteiger partial charge in [-0.3, -0.25) is 4.57 Å². The molecular weight excluding hydrogens is 247 g/mol. The summed E-state index contributed by atoms with van der Waals surface area (Å²) in [5.74, 6) is 0. The average molecular weight is 268 g/mol. The van der Waals surface area contributed by atoms with Gasteiger partial charge in [0.2, 0.25) is 0 Å². The highest BCUT2D eigenvalue weighted by Gasteiger charge is 2.36. The molecule has 0 unspecified atom stereocenters. The molecule has 1 saturated heterocycles. The number of hydrogen-bond donors (Lipinski definition) is 0. The first-order valence-corrected chi connectivity index (χ1v) is 8.24. The van der Waals surface area contributed by atoms with Crippen LogP contribution in [0.4, 0.5) is 0 Å². The van der Waals surface area contributed by atoms with Gasteiger partial charge in [0.05, 0.1) is 17.5 Å². The van der Waals surface area contributed by atoms with Crippen LogP contribution < -0.4 is 5.30 Å². The van der Waals surface area contributed by atoms with Crippen molar-refractivity contribution >= 4 is 12.9 Å². The molecule has 100 valence electrons. The topological polar surface area (TPSA) is 35.5 Å². The second-order valence-electron chi connectivity index (χ2n) is 4.68. The van der Waals surface area contributed by atoms with Crippen molar-refractivity contribution in [3.63, 3.8) is 0 Å². The average Bonchev–Trinajstić information content (AvgIpc) is 2.59. The van der Waals surface area contributed by atoms with E-state index in [9.17, 15) is 4.57 Å². The van der Waals surface area contributed by atoms with E-state index in [1.807, 2.05) is 30.3 Å². The Morgan fingerprint density at radius 3 is 2.00 bits per heavy atom. The third-order valence-corrected chi connectivity index (χ3v) is 5.45. The van der Waals surface area contributed by atoms with E-state index < -0.39 is 7.60 Å². The molecule has 18 heavy (non-hydrogen) atoms. The van der Waals surface area contributed by atoms with E-state index in [2.05, 4.69) is 13.8 Å². The zero-order chi connectivity index (χ0) is 13.0. The lowest BCUT2D eigenvalue weighted by Gasteiger charge is -2.22. The van der Waals surface area contributed by atoms with Crippen LogP contribution in [-0.2, 0) is 13.6 Å². The summed E-state index contributed by atoms with van der Waals surface area (Å²) in [6.07, 6.45) is 3.66. The lowest BCUT2D eigenvalue weighted by atomic mass is 10.1. The van der Waals surface area contributed by atoms with E-state index >= 15 is 0 Å². The van der Waals surface area contributed by atoms with Crippen LogP contribution in [-0.4, -0.2) is 12.2 Å². The lowest BCUT2D eigenvalue weighted by molar-refractivity contribution is 0.156. The van der Waals surface area contributed by atoms with Crippen molar-refractivity contribution < 1.29 is 13.6 Å². The first-order valence-electron chi connectivity index (χ1n) is 6.70. The second-order valence-corrected chi connectivity index (χ2v) is 6.61. The van der Waals surface area contributed by atoms with Gasteiger partial charge in [0.15, 0.2) is 0 Å². The summed E-state index contributed by atoms with van der Waals surface area (Å²) in [5, 5.41) is 0.670. The minimum atomic E-state index is -3.15. The smallest absolute Gasteiger partial charge is 0.302 e. The van der Waals surface area contributed by atoms with Crippen LogP contribution in [0.3, 0.4) is 0 Å². The molecule has 3 nitrogen and oxygen atoms in total. The summed E-state index contributed by atoms with van der Waals surface area (Å²) in [6.45, 7) is 4.12. The van der Waals surface area contributed by atoms with Gasteiger partial charge in [0, 0.05) is 0 Å². The molecule has 0 N–H and O–H groups in total. The van der Waals surface area contributed by atoms with Crippen LogP contribution >= 0.6 is 7.60 Å². The molecule has 0 saturated carbocycles. The monoisotopic (exact) mass is 268 g/mol. The molecule has 4 heteroatoms. The van der Waals surface area contributed by atoms with Gasteiger partial charge < -0.3 is 9.05 Å². The predicted molar refractivity (Wildman–Crippen MR) is 73.2 cm³/mol. The number of rotatable bonds is 3. The molecule has 1 aliphatic heterocycles. The van der Waals surface area contributed by atoms with Gasteiger partial charge in [0.1, 0.15) is 0 Å². The second kappa shape index (κ2) is 6.01. The highest BCUT2D eigenvalue weighted by atomic mass is 31.2. The van der Waals surface area contributed by atoms with Crippen LogP contribution in [0.1, 0.15) is 39.5 Å². The van der Waals surface area contributed by atoms with Gasteiger partial charge in [-0.05, 0) is 37.8 Å². The molecule has 2 rings (SSSR count). The molecule has 0 bridgehead atoms. The van der Waals surface area contributed by atoms with Gasteiger partial charge in [-0.15, -0.1) is 0 Å². The molecular formula is C14H21O3P. The summed E-state index contributed by atoms with van der Waals surface area (Å²) in [7, 11) is -3.15. The molecule has 1 aliphatic rings. The van der Waals surface area contributed by atoms with Crippen molar-refractivity contribution in [1.29, 1.82) is 0 Å². The van der Waals surface area contributed by atoms with E-state index in [0.717, 1.165) is 25.7 Å². The zero-order valence-electron chi connectivity index (χ0n) is 11.0. The van der Waals surface area contributed by atoms with Crippen molar-refractivity contribution in [2.45, 2.75) is 51.7 Å². The van der Waals surface area contributed by atoms with Crippen molar-refractivity contribution in [2.75, 3.05) is 0 Å². The van der Waals surface area contributed by atoms with Gasteiger partial charge in [-0.25, -0.2) is 0 Å². The minimum Gasteiger partial charge on any atom is -0.302 e. The lowest BCUT2D eigenvalue weighted by Crippen LogP contribution is -2.15. The van der Waals surface area contributed by atoms with Gasteiger partial charge in [-0.1, -0.05) is 32.0 Å². The third kappa shape index (κ3) is 3.03. The molecule has 0 amide bonds. The molecule has 0 aliphatic carbocycles. The third-order valence-electron chi connectivity index (χ3n) is 3.37. The van der Waals surface area contributed by atoms with Gasteiger partial charge in [-0.2, -0.15) is 0 Å². The summed E-state index contributed by atoms with van der Waals surface area (Å²) < 4.78 is 24.5. The summed E-state index contributed by atoms with van der Waals surface area (Å²) in [6, 6.07) is 9.29. The summed E-state index contributed by atoms with van der Waals surface area (Å²) in [4.78, 5) is 0. The van der Waals surface area contributed by atoms with Gasteiger partial charge >= 0.3 is 7.60 Å². The Balaban J connectivity index is 2.30. The Morgan fingerprint density at radius 2 is 1.56 bits per heavy atom. The van der Waals surface area contributed by atoms with Crippen LogP contribution in [0.2, 0.25) is 0 Å². The number of benzene rings is 1. The van der Waals surface area contributed by atoms with E-state index in [-0.39, 0.29) is 12.2 Å². The van der Waals surface area contributed by atoms with E-state index in [1.54, 1.807) is 0 Å². The first kappa shape index (κ1) is 13.8. The Morgan fingerprint density at radius 1 is 1.06 bits per heavy atom. The maximum absolute atomic E-state index is 12.9. The fourth-order valence-corrected chi connectivity index (χ4v) is 4.31. The summed E-state index contributed by atoms with van der Waals surface area (Å²) >= 11 is 0. The van der Waals surface area contributed by atoms with Crippen LogP contribution in [0.25, 0.3) is 0 Å². The van der Waals surface area contributed by atoms with E-state index in [4.69, 9.17) is 9.05 Å². The SMILES string of the molecule is CC[C@@H]1CC[C@@H](CC)OP(=O)(c2ccccc2)O1. The molecule has 2 atom stereocenters. The Bertz CT molecular complexity index is 400. The molecule has 1 aromatic rings. The predicted octanol–water partition coefficient (Wildman–Crippen LogP) is 3.89. The molecule has 0 radical (unpaired) electrons. The summed E-state index contributed by atoms with van der Waals surface area (Å²) in [5.41, 5.74) is 0. The van der Waals surface area contributed by atoms with Crippen LogP contribution in [0, 0.1) is 0 Å². The Hall–Kier alpha value is -0.630. The number of hydrogen-bond acceptors (Lipinski definition) is 3. The molecule has 1 fully saturated rings.